The summed E-state index contributed by atoms with van der Waals surface area (Å²) >= 11 is 4.25. The number of nitrogens with one attached hydrogen (secondary N) is 3. The molecule has 2 heterocycles. The van der Waals surface area contributed by atoms with Gasteiger partial charge in [0, 0.05) is 27.4 Å². The molecule has 3 aromatic rings. The zero-order valence-corrected chi connectivity index (χ0v) is 10.9. The molecule has 2 aromatic carbocycles. The van der Waals surface area contributed by atoms with Crippen molar-refractivity contribution in [3.63, 3.8) is 0 Å². The lowest BCUT2D eigenvalue weighted by molar-refractivity contribution is 0.692. The maximum Gasteiger partial charge on any atom is 0.162 e. The van der Waals surface area contributed by atoms with Crippen LogP contribution in [0.1, 0.15) is 5.56 Å². The number of thiol groups is 1. The Bertz CT molecular complexity index is 805. The van der Waals surface area contributed by atoms with E-state index >= 15 is 0 Å². The lowest BCUT2D eigenvalue weighted by atomic mass is 10.1. The number of aliphatic imine (C=N–C) groups is 1. The fourth-order valence-electron chi connectivity index (χ4n) is 2.46. The molecule has 1 aliphatic rings. The van der Waals surface area contributed by atoms with E-state index in [0.717, 1.165) is 22.4 Å². The molecule has 1 atom stereocenters. The number of nitrogens with zero attached hydrogens (tertiary/aromatic N) is 1. The van der Waals surface area contributed by atoms with Gasteiger partial charge in [0.05, 0.1) is 0 Å². The summed E-state index contributed by atoms with van der Waals surface area (Å²) in [4.78, 5) is 7.79. The number of amidine groups is 1. The second kappa shape index (κ2) is 4.01. The molecule has 1 aromatic heterocycles. The molecular formula is C14H12N4S. The topological polar surface area (TPSA) is 52.2 Å². The molecule has 4 rings (SSSR count). The Morgan fingerprint density at radius 3 is 2.68 bits per heavy atom. The van der Waals surface area contributed by atoms with Gasteiger partial charge < -0.3 is 10.4 Å². The van der Waals surface area contributed by atoms with Gasteiger partial charge in [0.25, 0.3) is 0 Å². The van der Waals surface area contributed by atoms with Crippen molar-refractivity contribution < 1.29 is 0 Å². The van der Waals surface area contributed by atoms with Crippen LogP contribution in [0.2, 0.25) is 0 Å². The van der Waals surface area contributed by atoms with Crippen molar-refractivity contribution in [1.29, 1.82) is 0 Å². The summed E-state index contributed by atoms with van der Waals surface area (Å²) in [6, 6.07) is 14.6. The minimum atomic E-state index is -0.186. The largest absolute Gasteiger partial charge is 0.355 e. The van der Waals surface area contributed by atoms with Crippen molar-refractivity contribution in [1.82, 2.24) is 15.8 Å². The van der Waals surface area contributed by atoms with Crippen molar-refractivity contribution in [2.75, 3.05) is 0 Å². The molecule has 5 heteroatoms. The van der Waals surface area contributed by atoms with Crippen molar-refractivity contribution in [2.24, 2.45) is 4.99 Å². The number of aromatic nitrogens is 1. The van der Waals surface area contributed by atoms with Crippen LogP contribution < -0.4 is 10.9 Å². The smallest absolute Gasteiger partial charge is 0.162 e. The Hall–Kier alpha value is -1.98. The normalized spacial score (nSPS) is 18.8. The highest BCUT2D eigenvalue weighted by Gasteiger charge is 2.14. The van der Waals surface area contributed by atoms with Crippen molar-refractivity contribution in [3.8, 4) is 0 Å². The first-order valence-electron chi connectivity index (χ1n) is 6.09. The first-order valence-corrected chi connectivity index (χ1v) is 6.61. The van der Waals surface area contributed by atoms with Crippen LogP contribution in [-0.2, 0) is 0 Å². The van der Waals surface area contributed by atoms with Gasteiger partial charge in [0.15, 0.2) is 5.50 Å². The quantitative estimate of drug-likeness (QED) is 0.512. The molecule has 19 heavy (non-hydrogen) atoms. The zero-order chi connectivity index (χ0) is 12.8. The first-order chi connectivity index (χ1) is 9.31. The van der Waals surface area contributed by atoms with Gasteiger partial charge >= 0.3 is 0 Å². The summed E-state index contributed by atoms with van der Waals surface area (Å²) < 4.78 is 0. The molecule has 4 nitrogen and oxygen atoms in total. The molecule has 0 saturated carbocycles. The number of fused-ring (bicyclic) bond motifs is 3. The predicted molar refractivity (Wildman–Crippen MR) is 81.4 cm³/mol. The predicted octanol–water partition coefficient (Wildman–Crippen LogP) is 2.39. The number of hydrogen-bond donors (Lipinski definition) is 4. The van der Waals surface area contributed by atoms with Crippen LogP contribution in [0.4, 0.5) is 0 Å². The van der Waals surface area contributed by atoms with Gasteiger partial charge in [0.1, 0.15) is 5.84 Å². The molecule has 0 radical (unpaired) electrons. The zero-order valence-electron chi connectivity index (χ0n) is 10.0. The summed E-state index contributed by atoms with van der Waals surface area (Å²) in [7, 11) is 0. The SMILES string of the molecule is SC1N=C(c2ccc3[nH]c4ccccc4c3c2)NN1. The van der Waals surface area contributed by atoms with Crippen LogP contribution >= 0.6 is 12.6 Å². The van der Waals surface area contributed by atoms with E-state index in [-0.39, 0.29) is 5.50 Å². The van der Waals surface area contributed by atoms with Gasteiger partial charge in [0.2, 0.25) is 0 Å². The molecule has 1 aliphatic heterocycles. The van der Waals surface area contributed by atoms with Crippen molar-refractivity contribution in [2.45, 2.75) is 5.50 Å². The molecule has 94 valence electrons. The number of benzene rings is 2. The first kappa shape index (κ1) is 10.9. The summed E-state index contributed by atoms with van der Waals surface area (Å²) in [5, 5.41) is 2.44. The van der Waals surface area contributed by atoms with E-state index in [1.54, 1.807) is 0 Å². The highest BCUT2D eigenvalue weighted by molar-refractivity contribution is 7.80. The van der Waals surface area contributed by atoms with Gasteiger partial charge in [-0.25, -0.2) is 10.4 Å². The third kappa shape index (κ3) is 1.70. The lowest BCUT2D eigenvalue weighted by Crippen LogP contribution is -2.32. The van der Waals surface area contributed by atoms with Gasteiger partial charge in [-0.1, -0.05) is 18.2 Å². The molecule has 0 amide bonds. The van der Waals surface area contributed by atoms with E-state index in [1.807, 2.05) is 6.07 Å². The number of hydrogen-bond acceptors (Lipinski definition) is 4. The number of aromatic amines is 1. The second-order valence-electron chi connectivity index (χ2n) is 4.55. The third-order valence-corrected chi connectivity index (χ3v) is 3.60. The highest BCUT2D eigenvalue weighted by atomic mass is 32.1. The van der Waals surface area contributed by atoms with E-state index in [4.69, 9.17) is 0 Å². The van der Waals surface area contributed by atoms with Gasteiger partial charge in [-0.3, -0.25) is 0 Å². The fraction of sp³-hybridized carbons (Fsp3) is 0.0714. The van der Waals surface area contributed by atoms with Gasteiger partial charge in [-0.05, 0) is 24.3 Å². The van der Waals surface area contributed by atoms with E-state index in [1.165, 1.54) is 10.8 Å². The van der Waals surface area contributed by atoms with Gasteiger partial charge in [-0.15, -0.1) is 12.6 Å². The monoisotopic (exact) mass is 268 g/mol. The maximum absolute atomic E-state index is 4.38. The Morgan fingerprint density at radius 2 is 1.84 bits per heavy atom. The summed E-state index contributed by atoms with van der Waals surface area (Å²) in [5.41, 5.74) is 9.15. The van der Waals surface area contributed by atoms with E-state index in [0.29, 0.717) is 0 Å². The van der Waals surface area contributed by atoms with E-state index in [2.05, 4.69) is 69.9 Å². The maximum atomic E-state index is 4.38. The van der Waals surface area contributed by atoms with Crippen LogP contribution in [0.5, 0.6) is 0 Å². The number of H-pyrrole nitrogens is 1. The molecule has 0 fully saturated rings. The summed E-state index contributed by atoms with van der Waals surface area (Å²) in [5.74, 6) is 0.826. The van der Waals surface area contributed by atoms with Crippen molar-refractivity contribution >= 4 is 40.3 Å². The standard InChI is InChI=1S/C14H12N4S/c19-14-16-13(17-18-14)8-5-6-12-10(7-8)9-3-1-2-4-11(9)15-12/h1-7,14-15,18-19H,(H,16,17). The van der Waals surface area contributed by atoms with Crippen molar-refractivity contribution in [3.05, 3.63) is 48.0 Å². The Balaban J connectivity index is 1.95. The van der Waals surface area contributed by atoms with E-state index in [9.17, 15) is 0 Å². The van der Waals surface area contributed by atoms with Crippen LogP contribution in [0, 0.1) is 0 Å². The summed E-state index contributed by atoms with van der Waals surface area (Å²) in [6.45, 7) is 0. The van der Waals surface area contributed by atoms with Gasteiger partial charge in [-0.2, -0.15) is 0 Å². The average Bonchev–Trinajstić information content (AvgIpc) is 3.01. The molecule has 0 saturated heterocycles. The lowest BCUT2D eigenvalue weighted by Gasteiger charge is -2.02. The molecule has 1 unspecified atom stereocenters. The third-order valence-electron chi connectivity index (χ3n) is 3.35. The van der Waals surface area contributed by atoms with Crippen LogP contribution in [0.3, 0.4) is 0 Å². The van der Waals surface area contributed by atoms with E-state index < -0.39 is 0 Å². The number of para-hydroxylation sites is 1. The molecular weight excluding hydrogens is 256 g/mol. The van der Waals surface area contributed by atoms with Crippen LogP contribution in [0.15, 0.2) is 47.5 Å². The second-order valence-corrected chi connectivity index (χ2v) is 5.04. The number of hydrazine groups is 1. The molecule has 0 bridgehead atoms. The van der Waals surface area contributed by atoms with Crippen LogP contribution in [-0.4, -0.2) is 16.3 Å². The minimum Gasteiger partial charge on any atom is -0.355 e. The highest BCUT2D eigenvalue weighted by Crippen LogP contribution is 2.26. The number of rotatable bonds is 1. The Kier molecular flexibility index (Phi) is 2.30. The fourth-order valence-corrected chi connectivity index (χ4v) is 2.64. The molecule has 0 spiro atoms. The Morgan fingerprint density at radius 1 is 1.00 bits per heavy atom. The average molecular weight is 268 g/mol. The minimum absolute atomic E-state index is 0.186. The van der Waals surface area contributed by atoms with Crippen LogP contribution in [0.25, 0.3) is 21.8 Å². The molecule has 0 aliphatic carbocycles. The molecule has 3 N–H and O–H groups in total. The Labute approximate surface area is 115 Å². The summed E-state index contributed by atoms with van der Waals surface area (Å²) in [6.07, 6.45) is 0.